The van der Waals surface area contributed by atoms with E-state index in [1.807, 2.05) is 0 Å². The highest BCUT2D eigenvalue weighted by Gasteiger charge is 2.19. The van der Waals surface area contributed by atoms with Crippen LogP contribution in [0.2, 0.25) is 0 Å². The molecule has 1 aromatic carbocycles. The van der Waals surface area contributed by atoms with Crippen LogP contribution < -0.4 is 4.74 Å². The molecule has 0 aliphatic heterocycles. The van der Waals surface area contributed by atoms with Gasteiger partial charge in [-0.05, 0) is 43.4 Å². The molecule has 2 heterocycles. The Morgan fingerprint density at radius 3 is 2.88 bits per heavy atom. The van der Waals surface area contributed by atoms with Crippen LogP contribution in [0.15, 0.2) is 39.9 Å². The molecule has 0 unspecified atom stereocenters. The van der Waals surface area contributed by atoms with Crippen LogP contribution in [0, 0.1) is 21.8 Å². The molecule has 3 aromatic rings. The molecule has 0 aliphatic rings. The van der Waals surface area contributed by atoms with E-state index in [9.17, 15) is 10.1 Å². The van der Waals surface area contributed by atoms with E-state index < -0.39 is 4.92 Å². The molecule has 10 heteroatoms. The van der Waals surface area contributed by atoms with Crippen LogP contribution in [0.3, 0.4) is 0 Å². The fourth-order valence-electron chi connectivity index (χ4n) is 2.19. The minimum atomic E-state index is -0.484. The molecular formula is C15H13N5O4S. The number of rotatable bonds is 5. The van der Waals surface area contributed by atoms with Gasteiger partial charge >= 0.3 is 0 Å². The average Bonchev–Trinajstić information content (AvgIpc) is 3.19. The molecule has 128 valence electrons. The van der Waals surface area contributed by atoms with Crippen LogP contribution in [0.25, 0.3) is 11.3 Å². The van der Waals surface area contributed by atoms with Crippen LogP contribution in [0.1, 0.15) is 11.6 Å². The molecule has 0 spiro atoms. The zero-order chi connectivity index (χ0) is 18.0. The van der Waals surface area contributed by atoms with E-state index >= 15 is 0 Å². The van der Waals surface area contributed by atoms with Gasteiger partial charge in [0, 0.05) is 0 Å². The van der Waals surface area contributed by atoms with E-state index in [1.54, 1.807) is 31.2 Å². The predicted molar refractivity (Wildman–Crippen MR) is 92.5 cm³/mol. The fraction of sp³-hybridized carbons (Fsp3) is 0.133. The van der Waals surface area contributed by atoms with Crippen molar-refractivity contribution < 1.29 is 14.1 Å². The van der Waals surface area contributed by atoms with E-state index in [4.69, 9.17) is 21.4 Å². The number of nitro benzene ring substituents is 1. The van der Waals surface area contributed by atoms with E-state index in [0.29, 0.717) is 33.4 Å². The number of H-pyrrole nitrogens is 1. The highest BCUT2D eigenvalue weighted by Crippen LogP contribution is 2.33. The molecule has 1 N–H and O–H groups in total. The predicted octanol–water partition coefficient (Wildman–Crippen LogP) is 3.31. The van der Waals surface area contributed by atoms with Crippen molar-refractivity contribution in [2.24, 2.45) is 5.10 Å². The largest absolute Gasteiger partial charge is 0.497 e. The maximum atomic E-state index is 11.3. The van der Waals surface area contributed by atoms with Crippen molar-refractivity contribution in [1.29, 1.82) is 0 Å². The quantitative estimate of drug-likeness (QED) is 0.324. The Morgan fingerprint density at radius 2 is 2.24 bits per heavy atom. The van der Waals surface area contributed by atoms with E-state index in [0.717, 1.165) is 0 Å². The summed E-state index contributed by atoms with van der Waals surface area (Å²) in [6.07, 6.45) is 1.46. The van der Waals surface area contributed by atoms with Crippen LogP contribution in [0.4, 0.5) is 5.69 Å². The van der Waals surface area contributed by atoms with Crippen molar-refractivity contribution in [1.82, 2.24) is 14.9 Å². The Labute approximate surface area is 146 Å². The SMILES string of the molecule is COc1ccc(-c2ccc(/C=N\n3c(C)n[nH]c3=S)o2)c([N+](=O)[O-])c1. The van der Waals surface area contributed by atoms with Gasteiger partial charge in [-0.2, -0.15) is 14.9 Å². The molecule has 0 amide bonds. The number of benzene rings is 1. The van der Waals surface area contributed by atoms with Crippen molar-refractivity contribution in [3.8, 4) is 17.1 Å². The second-order valence-electron chi connectivity index (χ2n) is 4.97. The number of ether oxygens (including phenoxy) is 1. The molecule has 9 nitrogen and oxygen atoms in total. The fourth-order valence-corrected chi connectivity index (χ4v) is 2.41. The number of hydrogen-bond acceptors (Lipinski definition) is 7. The van der Waals surface area contributed by atoms with Crippen LogP contribution in [-0.2, 0) is 0 Å². The Bertz CT molecular complexity index is 1020. The number of methoxy groups -OCH3 is 1. The smallest absolute Gasteiger partial charge is 0.284 e. The topological polar surface area (TPSA) is 111 Å². The molecule has 2 aromatic heterocycles. The summed E-state index contributed by atoms with van der Waals surface area (Å²) in [5.74, 6) is 1.76. The number of aryl methyl sites for hydroxylation is 1. The first-order chi connectivity index (χ1) is 12.0. The van der Waals surface area contributed by atoms with Crippen molar-refractivity contribution in [2.75, 3.05) is 7.11 Å². The summed E-state index contributed by atoms with van der Waals surface area (Å²) in [6.45, 7) is 1.75. The van der Waals surface area contributed by atoms with Gasteiger partial charge in [0.1, 0.15) is 23.1 Å². The first kappa shape index (κ1) is 16.6. The van der Waals surface area contributed by atoms with E-state index in [1.165, 1.54) is 24.1 Å². The molecule has 0 aliphatic carbocycles. The summed E-state index contributed by atoms with van der Waals surface area (Å²) in [4.78, 5) is 10.8. The Kier molecular flexibility index (Phi) is 4.44. The number of nitrogens with zero attached hydrogens (tertiary/aromatic N) is 4. The summed E-state index contributed by atoms with van der Waals surface area (Å²) in [5.41, 5.74) is 0.242. The Hall–Kier alpha value is -3.27. The summed E-state index contributed by atoms with van der Waals surface area (Å²) < 4.78 is 12.5. The number of aromatic amines is 1. The Morgan fingerprint density at radius 1 is 1.44 bits per heavy atom. The normalized spacial score (nSPS) is 11.1. The monoisotopic (exact) mass is 359 g/mol. The number of hydrogen-bond donors (Lipinski definition) is 1. The summed E-state index contributed by atoms with van der Waals surface area (Å²) >= 11 is 5.05. The minimum absolute atomic E-state index is 0.106. The summed E-state index contributed by atoms with van der Waals surface area (Å²) in [5, 5.41) is 22.0. The third-order valence-corrected chi connectivity index (χ3v) is 3.67. The first-order valence-electron chi connectivity index (χ1n) is 7.10. The third-order valence-electron chi connectivity index (χ3n) is 3.41. The van der Waals surface area contributed by atoms with Gasteiger partial charge in [0.05, 0.1) is 29.9 Å². The van der Waals surface area contributed by atoms with Crippen molar-refractivity contribution in [2.45, 2.75) is 6.92 Å². The Balaban J connectivity index is 1.94. The lowest BCUT2D eigenvalue weighted by Crippen LogP contribution is -1.93. The number of aromatic nitrogens is 3. The molecule has 0 radical (unpaired) electrons. The van der Waals surface area contributed by atoms with Crippen LogP contribution in [-0.4, -0.2) is 33.1 Å². The summed E-state index contributed by atoms with van der Waals surface area (Å²) in [6, 6.07) is 7.85. The second-order valence-corrected chi connectivity index (χ2v) is 5.36. The van der Waals surface area contributed by atoms with Crippen LogP contribution in [0.5, 0.6) is 5.75 Å². The molecule has 0 saturated carbocycles. The van der Waals surface area contributed by atoms with Gasteiger partial charge in [0.15, 0.2) is 0 Å². The van der Waals surface area contributed by atoms with Gasteiger partial charge in [-0.3, -0.25) is 15.2 Å². The van der Waals surface area contributed by atoms with E-state index in [-0.39, 0.29) is 5.69 Å². The standard InChI is InChI=1S/C15H13N5O4S/c1-9-17-18-15(25)19(9)16-8-11-4-6-14(24-11)12-5-3-10(23-2)7-13(12)20(21)22/h3-8H,1-2H3,(H,18,25)/b16-8-. The maximum absolute atomic E-state index is 11.3. The zero-order valence-electron chi connectivity index (χ0n) is 13.3. The lowest BCUT2D eigenvalue weighted by Gasteiger charge is -2.03. The lowest BCUT2D eigenvalue weighted by molar-refractivity contribution is -0.384. The second kappa shape index (κ2) is 6.69. The lowest BCUT2D eigenvalue weighted by atomic mass is 10.1. The number of nitrogens with one attached hydrogen (secondary N) is 1. The van der Waals surface area contributed by atoms with Gasteiger partial charge < -0.3 is 9.15 Å². The van der Waals surface area contributed by atoms with Gasteiger partial charge in [-0.15, -0.1) is 0 Å². The first-order valence-corrected chi connectivity index (χ1v) is 7.51. The molecule has 25 heavy (non-hydrogen) atoms. The zero-order valence-corrected chi connectivity index (χ0v) is 14.1. The minimum Gasteiger partial charge on any atom is -0.497 e. The summed E-state index contributed by atoms with van der Waals surface area (Å²) in [7, 11) is 1.45. The molecule has 0 fully saturated rings. The molecule has 0 saturated heterocycles. The number of nitro groups is 1. The van der Waals surface area contributed by atoms with E-state index in [2.05, 4.69) is 15.3 Å². The third kappa shape index (κ3) is 3.33. The van der Waals surface area contributed by atoms with Gasteiger partial charge in [0.25, 0.3) is 5.69 Å². The van der Waals surface area contributed by atoms with Gasteiger partial charge in [-0.1, -0.05) is 0 Å². The molecule has 3 rings (SSSR count). The maximum Gasteiger partial charge on any atom is 0.284 e. The van der Waals surface area contributed by atoms with Gasteiger partial charge in [0.2, 0.25) is 4.77 Å². The number of furan rings is 1. The van der Waals surface area contributed by atoms with Crippen molar-refractivity contribution in [3.05, 3.63) is 56.8 Å². The van der Waals surface area contributed by atoms with Gasteiger partial charge in [-0.25, -0.2) is 0 Å². The van der Waals surface area contributed by atoms with Crippen molar-refractivity contribution >= 4 is 24.1 Å². The van der Waals surface area contributed by atoms with Crippen molar-refractivity contribution in [3.63, 3.8) is 0 Å². The molecule has 0 atom stereocenters. The highest BCUT2D eigenvalue weighted by atomic mass is 32.1. The highest BCUT2D eigenvalue weighted by molar-refractivity contribution is 7.71. The molecular weight excluding hydrogens is 346 g/mol. The molecule has 0 bridgehead atoms. The van der Waals surface area contributed by atoms with Crippen LogP contribution >= 0.6 is 12.2 Å². The average molecular weight is 359 g/mol.